The van der Waals surface area contributed by atoms with Gasteiger partial charge in [0, 0.05) is 22.5 Å². The minimum Gasteiger partial charge on any atom is -0.497 e. The molecule has 0 aromatic heterocycles. The van der Waals surface area contributed by atoms with Crippen LogP contribution in [0.4, 0.5) is 5.69 Å². The second-order valence-electron chi connectivity index (χ2n) is 9.33. The molecule has 6 nitrogen and oxygen atoms in total. The lowest BCUT2D eigenvalue weighted by molar-refractivity contribution is -0.130. The van der Waals surface area contributed by atoms with Crippen molar-refractivity contribution in [2.75, 3.05) is 12.4 Å². The van der Waals surface area contributed by atoms with Crippen molar-refractivity contribution in [2.24, 2.45) is 21.4 Å². The number of carbonyl (C=O) groups is 2. The summed E-state index contributed by atoms with van der Waals surface area (Å²) in [4.78, 5) is 31.3. The van der Waals surface area contributed by atoms with Gasteiger partial charge < -0.3 is 14.9 Å². The molecule has 2 aromatic rings. The molecule has 0 saturated heterocycles. The van der Waals surface area contributed by atoms with Crippen LogP contribution < -0.4 is 10.1 Å². The Morgan fingerprint density at radius 3 is 2.44 bits per heavy atom. The fourth-order valence-corrected chi connectivity index (χ4v) is 5.41. The molecule has 168 valence electrons. The van der Waals surface area contributed by atoms with Gasteiger partial charge >= 0.3 is 5.97 Å². The number of halogens is 1. The van der Waals surface area contributed by atoms with Crippen molar-refractivity contribution in [1.29, 1.82) is 0 Å². The summed E-state index contributed by atoms with van der Waals surface area (Å²) in [7, 11) is 1.56. The molecular weight excluding hydrogens is 428 g/mol. The highest BCUT2D eigenvalue weighted by Gasteiger charge is 2.71. The van der Waals surface area contributed by atoms with Crippen LogP contribution in [0, 0.1) is 16.2 Å². The highest BCUT2D eigenvalue weighted by atomic mass is 35.5. The molecule has 7 heteroatoms. The number of rotatable bonds is 5. The average Bonchev–Trinajstić information content (AvgIpc) is 3.08. The van der Waals surface area contributed by atoms with Crippen LogP contribution in [0.5, 0.6) is 5.75 Å². The van der Waals surface area contributed by atoms with Crippen LogP contribution in [0.25, 0.3) is 0 Å². The number of nitrogens with one attached hydrogen (secondary N) is 1. The summed E-state index contributed by atoms with van der Waals surface area (Å²) >= 11 is 6.08. The topological polar surface area (TPSA) is 77.0 Å². The van der Waals surface area contributed by atoms with Gasteiger partial charge in [-0.25, -0.2) is 4.79 Å². The molecule has 0 heterocycles. The van der Waals surface area contributed by atoms with Crippen molar-refractivity contribution in [3.63, 3.8) is 0 Å². The number of carbonyl (C=O) groups excluding carboxylic acids is 2. The van der Waals surface area contributed by atoms with E-state index in [1.54, 1.807) is 49.6 Å². The molecule has 2 aromatic carbocycles. The molecule has 0 spiro atoms. The highest BCUT2D eigenvalue weighted by molar-refractivity contribution is 6.30. The van der Waals surface area contributed by atoms with E-state index in [-0.39, 0.29) is 16.7 Å². The Morgan fingerprint density at radius 2 is 1.78 bits per heavy atom. The quantitative estimate of drug-likeness (QED) is 0.463. The van der Waals surface area contributed by atoms with E-state index in [1.807, 2.05) is 6.07 Å². The van der Waals surface area contributed by atoms with Crippen molar-refractivity contribution in [3.8, 4) is 5.75 Å². The summed E-state index contributed by atoms with van der Waals surface area (Å²) in [6.07, 6.45) is 1.98. The van der Waals surface area contributed by atoms with Crippen LogP contribution in [0.1, 0.15) is 50.4 Å². The third kappa shape index (κ3) is 3.37. The van der Waals surface area contributed by atoms with Crippen molar-refractivity contribution >= 4 is 34.9 Å². The Bertz CT molecular complexity index is 1100. The lowest BCUT2D eigenvalue weighted by atomic mass is 9.64. The smallest absolute Gasteiger partial charge is 0.365 e. The summed E-state index contributed by atoms with van der Waals surface area (Å²) in [5, 5.41) is 7.88. The monoisotopic (exact) mass is 454 g/mol. The number of anilines is 1. The fraction of sp³-hybridized carbons (Fsp3) is 0.400. The van der Waals surface area contributed by atoms with Crippen LogP contribution in [-0.4, -0.2) is 24.7 Å². The fourth-order valence-electron chi connectivity index (χ4n) is 5.22. The van der Waals surface area contributed by atoms with Gasteiger partial charge in [-0.3, -0.25) is 4.79 Å². The first kappa shape index (κ1) is 22.3. The highest BCUT2D eigenvalue weighted by Crippen LogP contribution is 2.71. The number of nitrogens with zero attached hydrogens (tertiary/aromatic N) is 1. The van der Waals surface area contributed by atoms with Gasteiger partial charge in [-0.15, -0.1) is 0 Å². The largest absolute Gasteiger partial charge is 0.497 e. The Balaban J connectivity index is 1.56. The van der Waals surface area contributed by atoms with Gasteiger partial charge in [0.15, 0.2) is 0 Å². The van der Waals surface area contributed by atoms with Crippen LogP contribution in [0.2, 0.25) is 5.02 Å². The van der Waals surface area contributed by atoms with E-state index >= 15 is 0 Å². The maximum Gasteiger partial charge on any atom is 0.365 e. The Hall–Kier alpha value is -2.86. The van der Waals surface area contributed by atoms with Crippen molar-refractivity contribution in [2.45, 2.75) is 40.0 Å². The van der Waals surface area contributed by atoms with E-state index in [2.05, 4.69) is 31.2 Å². The number of amides is 1. The number of methoxy groups -OCH3 is 1. The number of fused-ring (bicyclic) bond motifs is 2. The first-order valence-corrected chi connectivity index (χ1v) is 11.0. The van der Waals surface area contributed by atoms with Gasteiger partial charge in [-0.05, 0) is 60.7 Å². The molecule has 0 aliphatic heterocycles. The van der Waals surface area contributed by atoms with Crippen LogP contribution >= 0.6 is 11.6 Å². The first-order chi connectivity index (χ1) is 15.1. The van der Waals surface area contributed by atoms with E-state index in [1.165, 1.54) is 0 Å². The summed E-state index contributed by atoms with van der Waals surface area (Å²) in [6.45, 7) is 6.31. The normalized spacial score (nSPS) is 26.7. The maximum atomic E-state index is 13.5. The third-order valence-electron chi connectivity index (χ3n) is 7.82. The lowest BCUT2D eigenvalue weighted by Gasteiger charge is -2.39. The molecule has 32 heavy (non-hydrogen) atoms. The van der Waals surface area contributed by atoms with Crippen molar-refractivity contribution in [3.05, 3.63) is 59.1 Å². The van der Waals surface area contributed by atoms with E-state index in [4.69, 9.17) is 21.2 Å². The number of ether oxygens (including phenoxy) is 1. The second kappa shape index (κ2) is 7.93. The zero-order valence-electron chi connectivity index (χ0n) is 18.7. The van der Waals surface area contributed by atoms with Crippen LogP contribution in [0.3, 0.4) is 0 Å². The molecule has 2 bridgehead atoms. The zero-order chi connectivity index (χ0) is 23.1. The molecule has 2 aliphatic carbocycles. The third-order valence-corrected chi connectivity index (χ3v) is 8.05. The van der Waals surface area contributed by atoms with E-state index in [0.29, 0.717) is 28.4 Å². The van der Waals surface area contributed by atoms with Crippen molar-refractivity contribution in [1.82, 2.24) is 0 Å². The predicted octanol–water partition coefficient (Wildman–Crippen LogP) is 5.72. The molecule has 2 aliphatic rings. The van der Waals surface area contributed by atoms with Gasteiger partial charge in [0.2, 0.25) is 5.91 Å². The zero-order valence-corrected chi connectivity index (χ0v) is 19.5. The number of hydrogen-bond donors (Lipinski definition) is 1. The first-order valence-electron chi connectivity index (χ1n) is 10.6. The Labute approximate surface area is 192 Å². The minimum absolute atomic E-state index is 0.0554. The van der Waals surface area contributed by atoms with Crippen LogP contribution in [-0.2, 0) is 9.63 Å². The second-order valence-corrected chi connectivity index (χ2v) is 9.76. The number of benzene rings is 2. The van der Waals surface area contributed by atoms with Crippen LogP contribution in [0.15, 0.2) is 53.7 Å². The van der Waals surface area contributed by atoms with Gasteiger partial charge in [-0.1, -0.05) is 43.6 Å². The Kier molecular flexibility index (Phi) is 5.53. The molecule has 2 saturated carbocycles. The molecule has 2 fully saturated rings. The summed E-state index contributed by atoms with van der Waals surface area (Å²) in [5.41, 5.74) is 0.438. The summed E-state index contributed by atoms with van der Waals surface area (Å²) < 4.78 is 5.12. The van der Waals surface area contributed by atoms with E-state index in [9.17, 15) is 9.59 Å². The average molecular weight is 455 g/mol. The minimum atomic E-state index is -0.643. The van der Waals surface area contributed by atoms with Gasteiger partial charge in [0.25, 0.3) is 0 Å². The van der Waals surface area contributed by atoms with Gasteiger partial charge in [0.1, 0.15) is 5.75 Å². The molecule has 2 atom stereocenters. The lowest BCUT2D eigenvalue weighted by Crippen LogP contribution is -2.43. The number of hydrogen-bond acceptors (Lipinski definition) is 5. The molecule has 0 radical (unpaired) electrons. The van der Waals surface area contributed by atoms with Gasteiger partial charge in [-0.2, -0.15) is 0 Å². The van der Waals surface area contributed by atoms with E-state index < -0.39 is 11.4 Å². The Morgan fingerprint density at radius 1 is 1.06 bits per heavy atom. The number of oxime groups is 1. The molecule has 4 rings (SSSR count). The SMILES string of the molecule is COc1ccc(C(=O)ON=C2CC3(C(=O)Nc4cccc(Cl)c4)CCC2(C)C3(C)C)cc1. The molecule has 2 unspecified atom stereocenters. The van der Waals surface area contributed by atoms with Gasteiger partial charge in [0.05, 0.1) is 23.8 Å². The maximum absolute atomic E-state index is 13.5. The van der Waals surface area contributed by atoms with E-state index in [0.717, 1.165) is 18.6 Å². The summed E-state index contributed by atoms with van der Waals surface area (Å²) in [5.74, 6) is 0.0600. The van der Waals surface area contributed by atoms with Crippen molar-refractivity contribution < 1.29 is 19.2 Å². The molecule has 1 amide bonds. The standard InChI is InChI=1S/C25H27ClN2O4/c1-23(2)24(3)12-13-25(23,22(30)27-18-7-5-6-17(26)14-18)15-20(24)28-32-21(29)16-8-10-19(31-4)11-9-16/h5-11,14H,12-13,15H2,1-4H3,(H,27,30). The molecular formula is C25H27ClN2O4. The molecule has 1 N–H and O–H groups in total. The summed E-state index contributed by atoms with van der Waals surface area (Å²) in [6, 6.07) is 13.8. The predicted molar refractivity (Wildman–Crippen MR) is 124 cm³/mol.